The largest absolute Gasteiger partial charge is 0.337 e. The summed E-state index contributed by atoms with van der Waals surface area (Å²) in [5, 5.41) is 11.5. The zero-order valence-corrected chi connectivity index (χ0v) is 9.92. The molecule has 1 aliphatic rings. The minimum absolute atomic E-state index is 0.188. The van der Waals surface area contributed by atoms with Crippen LogP contribution in [0.4, 0.5) is 0 Å². The SMILES string of the molecule is CC1CCNC1c1nc(-c2cnn(C)c2)no1. The molecule has 6 heteroatoms. The summed E-state index contributed by atoms with van der Waals surface area (Å²) in [6, 6.07) is 0.188. The molecule has 1 N–H and O–H groups in total. The van der Waals surface area contributed by atoms with Gasteiger partial charge in [0, 0.05) is 13.2 Å². The molecule has 2 aromatic rings. The fourth-order valence-corrected chi connectivity index (χ4v) is 2.18. The quantitative estimate of drug-likeness (QED) is 0.842. The third-order valence-corrected chi connectivity index (χ3v) is 3.20. The van der Waals surface area contributed by atoms with Gasteiger partial charge in [0.1, 0.15) is 0 Å². The summed E-state index contributed by atoms with van der Waals surface area (Å²) >= 11 is 0. The first kappa shape index (κ1) is 10.5. The summed E-state index contributed by atoms with van der Waals surface area (Å²) in [4.78, 5) is 4.43. The average Bonchev–Trinajstić information content (AvgIpc) is 2.97. The molecule has 1 aliphatic heterocycles. The molecule has 2 aromatic heterocycles. The van der Waals surface area contributed by atoms with Crippen molar-refractivity contribution in [2.75, 3.05) is 6.54 Å². The van der Waals surface area contributed by atoms with Crippen LogP contribution in [0.1, 0.15) is 25.3 Å². The van der Waals surface area contributed by atoms with Gasteiger partial charge in [-0.15, -0.1) is 0 Å². The van der Waals surface area contributed by atoms with Crippen molar-refractivity contribution in [3.05, 3.63) is 18.3 Å². The number of hydrogen-bond acceptors (Lipinski definition) is 5. The molecule has 0 saturated carbocycles. The van der Waals surface area contributed by atoms with E-state index in [2.05, 4.69) is 27.5 Å². The van der Waals surface area contributed by atoms with E-state index in [4.69, 9.17) is 4.52 Å². The molecule has 17 heavy (non-hydrogen) atoms. The van der Waals surface area contributed by atoms with Gasteiger partial charge in [-0.2, -0.15) is 10.1 Å². The summed E-state index contributed by atoms with van der Waals surface area (Å²) in [6.07, 6.45) is 4.76. The molecule has 3 heterocycles. The van der Waals surface area contributed by atoms with Gasteiger partial charge in [-0.3, -0.25) is 4.68 Å². The maximum Gasteiger partial charge on any atom is 0.244 e. The third-order valence-electron chi connectivity index (χ3n) is 3.20. The van der Waals surface area contributed by atoms with E-state index in [1.54, 1.807) is 10.9 Å². The van der Waals surface area contributed by atoms with Gasteiger partial charge >= 0.3 is 0 Å². The monoisotopic (exact) mass is 233 g/mol. The molecule has 0 bridgehead atoms. The van der Waals surface area contributed by atoms with Crippen LogP contribution in [-0.4, -0.2) is 26.5 Å². The Balaban J connectivity index is 1.87. The van der Waals surface area contributed by atoms with Gasteiger partial charge in [-0.1, -0.05) is 12.1 Å². The molecule has 2 unspecified atom stereocenters. The van der Waals surface area contributed by atoms with Gasteiger partial charge in [-0.25, -0.2) is 0 Å². The summed E-state index contributed by atoms with van der Waals surface area (Å²) < 4.78 is 7.05. The molecule has 0 aromatic carbocycles. The molecule has 0 amide bonds. The molecule has 1 saturated heterocycles. The lowest BCUT2D eigenvalue weighted by Gasteiger charge is -2.08. The Kier molecular flexibility index (Phi) is 2.44. The Hall–Kier alpha value is -1.69. The molecule has 90 valence electrons. The summed E-state index contributed by atoms with van der Waals surface area (Å²) in [5.74, 6) is 1.82. The minimum Gasteiger partial charge on any atom is -0.337 e. The fourth-order valence-electron chi connectivity index (χ4n) is 2.18. The Morgan fingerprint density at radius 3 is 3.06 bits per heavy atom. The highest BCUT2D eigenvalue weighted by atomic mass is 16.5. The lowest BCUT2D eigenvalue weighted by molar-refractivity contribution is 0.319. The first-order valence-electron chi connectivity index (χ1n) is 5.80. The van der Waals surface area contributed by atoms with Crippen molar-refractivity contribution < 1.29 is 4.52 Å². The molecular weight excluding hydrogens is 218 g/mol. The number of rotatable bonds is 2. The van der Waals surface area contributed by atoms with E-state index in [-0.39, 0.29) is 6.04 Å². The first-order chi connectivity index (χ1) is 8.24. The predicted octanol–water partition coefficient (Wildman–Crippen LogP) is 1.14. The summed E-state index contributed by atoms with van der Waals surface area (Å²) in [7, 11) is 1.87. The average molecular weight is 233 g/mol. The van der Waals surface area contributed by atoms with E-state index in [1.807, 2.05) is 13.2 Å². The second kappa shape index (κ2) is 3.96. The Morgan fingerprint density at radius 2 is 2.41 bits per heavy atom. The van der Waals surface area contributed by atoms with Crippen LogP contribution in [0.25, 0.3) is 11.4 Å². The number of nitrogens with zero attached hydrogens (tertiary/aromatic N) is 4. The van der Waals surface area contributed by atoms with E-state index < -0.39 is 0 Å². The topological polar surface area (TPSA) is 68.8 Å². The van der Waals surface area contributed by atoms with E-state index in [1.165, 1.54) is 0 Å². The highest BCUT2D eigenvalue weighted by Crippen LogP contribution is 2.28. The summed E-state index contributed by atoms with van der Waals surface area (Å²) in [5.41, 5.74) is 0.883. The molecule has 1 fully saturated rings. The highest BCUT2D eigenvalue weighted by molar-refractivity contribution is 5.51. The lowest BCUT2D eigenvalue weighted by Crippen LogP contribution is -2.16. The van der Waals surface area contributed by atoms with E-state index in [0.29, 0.717) is 17.6 Å². The molecule has 0 radical (unpaired) electrons. The Labute approximate surface area is 99.0 Å². The van der Waals surface area contributed by atoms with Gasteiger partial charge in [0.2, 0.25) is 11.7 Å². The first-order valence-corrected chi connectivity index (χ1v) is 5.80. The Morgan fingerprint density at radius 1 is 1.53 bits per heavy atom. The molecular formula is C11H15N5O. The Bertz CT molecular complexity index is 517. The third kappa shape index (κ3) is 1.84. The fraction of sp³-hybridized carbons (Fsp3) is 0.545. The van der Waals surface area contributed by atoms with Crippen molar-refractivity contribution in [2.45, 2.75) is 19.4 Å². The van der Waals surface area contributed by atoms with Gasteiger partial charge in [0.25, 0.3) is 0 Å². The molecule has 2 atom stereocenters. The van der Waals surface area contributed by atoms with Crippen LogP contribution in [0, 0.1) is 5.92 Å². The van der Waals surface area contributed by atoms with E-state index in [9.17, 15) is 0 Å². The van der Waals surface area contributed by atoms with Crippen LogP contribution in [0.2, 0.25) is 0 Å². The highest BCUT2D eigenvalue weighted by Gasteiger charge is 2.29. The van der Waals surface area contributed by atoms with Crippen LogP contribution in [0.15, 0.2) is 16.9 Å². The maximum atomic E-state index is 5.32. The normalized spacial score (nSPS) is 24.4. The number of aryl methyl sites for hydroxylation is 1. The van der Waals surface area contributed by atoms with Crippen LogP contribution < -0.4 is 5.32 Å². The van der Waals surface area contributed by atoms with Crippen molar-refractivity contribution >= 4 is 0 Å². The zero-order chi connectivity index (χ0) is 11.8. The van der Waals surface area contributed by atoms with Crippen molar-refractivity contribution in [2.24, 2.45) is 13.0 Å². The van der Waals surface area contributed by atoms with Crippen molar-refractivity contribution in [1.82, 2.24) is 25.2 Å². The van der Waals surface area contributed by atoms with Crippen molar-refractivity contribution in [3.63, 3.8) is 0 Å². The molecule has 0 spiro atoms. The molecule has 6 nitrogen and oxygen atoms in total. The smallest absolute Gasteiger partial charge is 0.244 e. The molecule has 0 aliphatic carbocycles. The van der Waals surface area contributed by atoms with Crippen LogP contribution in [-0.2, 0) is 7.05 Å². The van der Waals surface area contributed by atoms with Gasteiger partial charge in [0.15, 0.2) is 0 Å². The zero-order valence-electron chi connectivity index (χ0n) is 9.92. The number of nitrogens with one attached hydrogen (secondary N) is 1. The van der Waals surface area contributed by atoms with Gasteiger partial charge in [0.05, 0.1) is 17.8 Å². The van der Waals surface area contributed by atoms with E-state index >= 15 is 0 Å². The maximum absolute atomic E-state index is 5.32. The van der Waals surface area contributed by atoms with Crippen molar-refractivity contribution in [3.8, 4) is 11.4 Å². The summed E-state index contributed by atoms with van der Waals surface area (Å²) in [6.45, 7) is 3.20. The standard InChI is InChI=1S/C11H15N5O/c1-7-3-4-12-9(7)11-14-10(15-17-11)8-5-13-16(2)6-8/h5-7,9,12H,3-4H2,1-2H3. The minimum atomic E-state index is 0.188. The predicted molar refractivity (Wildman–Crippen MR) is 61.0 cm³/mol. The second-order valence-electron chi connectivity index (χ2n) is 4.56. The van der Waals surface area contributed by atoms with E-state index in [0.717, 1.165) is 18.5 Å². The number of aromatic nitrogens is 4. The van der Waals surface area contributed by atoms with Crippen LogP contribution in [0.5, 0.6) is 0 Å². The van der Waals surface area contributed by atoms with Gasteiger partial charge in [-0.05, 0) is 18.9 Å². The second-order valence-corrected chi connectivity index (χ2v) is 4.56. The molecule has 3 rings (SSSR count). The van der Waals surface area contributed by atoms with Gasteiger partial charge < -0.3 is 9.84 Å². The number of hydrogen-bond donors (Lipinski definition) is 1. The van der Waals surface area contributed by atoms with Crippen molar-refractivity contribution in [1.29, 1.82) is 0 Å². The lowest BCUT2D eigenvalue weighted by atomic mass is 10.0. The van der Waals surface area contributed by atoms with Crippen LogP contribution in [0.3, 0.4) is 0 Å². The van der Waals surface area contributed by atoms with Crippen LogP contribution >= 0.6 is 0 Å².